The normalized spacial score (nSPS) is 12.9. The highest BCUT2D eigenvalue weighted by molar-refractivity contribution is 7.13. The van der Waals surface area contributed by atoms with E-state index in [0.29, 0.717) is 0 Å². The second kappa shape index (κ2) is 5.82. The SMILES string of the molecule is CCN(CC)c1nc(C2=C[NH2+]c3ncc([N+](=O)[O-])cc32)cs1. The van der Waals surface area contributed by atoms with Crippen LogP contribution in [0.2, 0.25) is 0 Å². The third-order valence-corrected chi connectivity index (χ3v) is 4.52. The maximum absolute atomic E-state index is 10.9. The molecule has 1 aliphatic rings. The van der Waals surface area contributed by atoms with Gasteiger partial charge in [0.25, 0.3) is 5.69 Å². The molecule has 0 fully saturated rings. The van der Waals surface area contributed by atoms with Gasteiger partial charge in [-0.1, -0.05) is 0 Å². The summed E-state index contributed by atoms with van der Waals surface area (Å²) >= 11 is 1.58. The van der Waals surface area contributed by atoms with Crippen molar-refractivity contribution in [1.29, 1.82) is 0 Å². The molecule has 0 bridgehead atoms. The van der Waals surface area contributed by atoms with Gasteiger partial charge in [-0.15, -0.1) is 11.3 Å². The molecule has 1 aliphatic heterocycles. The second-order valence-electron chi connectivity index (χ2n) is 4.82. The molecule has 0 aliphatic carbocycles. The quantitative estimate of drug-likeness (QED) is 0.672. The molecule has 2 N–H and O–H groups in total. The molecular weight excluding hydrogens is 302 g/mol. The minimum Gasteiger partial charge on any atom is -0.349 e. The number of thiazole rings is 1. The summed E-state index contributed by atoms with van der Waals surface area (Å²) in [6.07, 6.45) is 3.21. The molecule has 3 rings (SSSR count). The lowest BCUT2D eigenvalue weighted by Gasteiger charge is -2.16. The predicted octanol–water partition coefficient (Wildman–Crippen LogP) is 1.89. The van der Waals surface area contributed by atoms with Crippen LogP contribution in [0.25, 0.3) is 5.57 Å². The van der Waals surface area contributed by atoms with Gasteiger partial charge in [0.15, 0.2) is 5.13 Å². The molecule has 0 radical (unpaired) electrons. The maximum Gasteiger partial charge on any atom is 0.288 e. The Morgan fingerprint density at radius 2 is 2.18 bits per heavy atom. The fourth-order valence-corrected chi connectivity index (χ4v) is 3.37. The van der Waals surface area contributed by atoms with E-state index in [-0.39, 0.29) is 5.69 Å². The minimum absolute atomic E-state index is 0.000791. The summed E-state index contributed by atoms with van der Waals surface area (Å²) < 4.78 is 0. The van der Waals surface area contributed by atoms with Crippen molar-refractivity contribution in [2.24, 2.45) is 0 Å². The molecule has 0 unspecified atom stereocenters. The number of hydrogen-bond acceptors (Lipinski definition) is 6. The van der Waals surface area contributed by atoms with E-state index in [0.717, 1.165) is 40.9 Å². The number of anilines is 1. The Morgan fingerprint density at radius 3 is 2.86 bits per heavy atom. The Morgan fingerprint density at radius 1 is 1.41 bits per heavy atom. The van der Waals surface area contributed by atoms with Crippen molar-refractivity contribution < 1.29 is 10.2 Å². The molecule has 114 valence electrons. The Kier molecular flexibility index (Phi) is 3.86. The van der Waals surface area contributed by atoms with Gasteiger partial charge in [0.2, 0.25) is 5.82 Å². The van der Waals surface area contributed by atoms with Crippen molar-refractivity contribution in [2.45, 2.75) is 13.8 Å². The monoisotopic (exact) mass is 318 g/mol. The smallest absolute Gasteiger partial charge is 0.288 e. The average molecular weight is 318 g/mol. The van der Waals surface area contributed by atoms with Crippen molar-refractivity contribution in [3.63, 3.8) is 0 Å². The topological polar surface area (TPSA) is 88.8 Å². The fraction of sp³-hybridized carbons (Fsp3) is 0.286. The van der Waals surface area contributed by atoms with Gasteiger partial charge in [0.1, 0.15) is 12.4 Å². The predicted molar refractivity (Wildman–Crippen MR) is 85.2 cm³/mol. The average Bonchev–Trinajstić information content (AvgIpc) is 3.14. The van der Waals surface area contributed by atoms with Crippen molar-refractivity contribution in [3.05, 3.63) is 45.2 Å². The molecule has 0 atom stereocenters. The van der Waals surface area contributed by atoms with Crippen LogP contribution in [0.15, 0.2) is 23.8 Å². The summed E-state index contributed by atoms with van der Waals surface area (Å²) in [7, 11) is 0. The molecule has 8 heteroatoms. The van der Waals surface area contributed by atoms with Gasteiger partial charge in [-0.3, -0.25) is 15.4 Å². The molecule has 22 heavy (non-hydrogen) atoms. The van der Waals surface area contributed by atoms with Crippen molar-refractivity contribution >= 4 is 33.5 Å². The fourth-order valence-electron chi connectivity index (χ4n) is 2.42. The lowest BCUT2D eigenvalue weighted by molar-refractivity contribution is -0.496. The minimum atomic E-state index is -0.425. The highest BCUT2D eigenvalue weighted by Crippen LogP contribution is 2.33. The first kappa shape index (κ1) is 14.6. The second-order valence-corrected chi connectivity index (χ2v) is 5.65. The number of hydrogen-bond donors (Lipinski definition) is 1. The van der Waals surface area contributed by atoms with Crippen molar-refractivity contribution in [3.8, 4) is 0 Å². The standard InChI is InChI=1S/C14H15N5O2S/c1-3-18(4-2)14-17-12(8-22-14)11-7-16-13-10(11)5-9(6-15-13)19(20)21/h5-8H,3-4H2,1-2H3,(H,15,16)/p+1. The number of nitro groups is 1. The van der Waals surface area contributed by atoms with E-state index in [2.05, 4.69) is 28.7 Å². The first-order chi connectivity index (χ1) is 10.6. The zero-order valence-electron chi connectivity index (χ0n) is 12.3. The number of nitrogens with zero attached hydrogens (tertiary/aromatic N) is 4. The van der Waals surface area contributed by atoms with Gasteiger partial charge in [0, 0.05) is 24.5 Å². The zero-order chi connectivity index (χ0) is 15.7. The molecule has 7 nitrogen and oxygen atoms in total. The largest absolute Gasteiger partial charge is 0.349 e. The van der Waals surface area contributed by atoms with Gasteiger partial charge in [-0.25, -0.2) is 4.98 Å². The number of aromatic nitrogens is 2. The van der Waals surface area contributed by atoms with Crippen LogP contribution in [0.3, 0.4) is 0 Å². The highest BCUT2D eigenvalue weighted by Gasteiger charge is 2.26. The van der Waals surface area contributed by atoms with Crippen molar-refractivity contribution in [1.82, 2.24) is 9.97 Å². The van der Waals surface area contributed by atoms with Crippen LogP contribution in [-0.4, -0.2) is 28.0 Å². The summed E-state index contributed by atoms with van der Waals surface area (Å²) in [4.78, 5) is 21.5. The number of pyridine rings is 1. The molecular formula is C14H16N5O2S+. The number of quaternary nitrogens is 1. The summed E-state index contributed by atoms with van der Waals surface area (Å²) in [5.74, 6) is 0.748. The van der Waals surface area contributed by atoms with Gasteiger partial charge in [0.05, 0.1) is 21.8 Å². The van der Waals surface area contributed by atoms with Crippen LogP contribution >= 0.6 is 11.3 Å². The molecule has 0 saturated heterocycles. The molecule has 0 spiro atoms. The van der Waals surface area contributed by atoms with Gasteiger partial charge < -0.3 is 4.90 Å². The summed E-state index contributed by atoms with van der Waals surface area (Å²) in [6, 6.07) is 1.56. The van der Waals surface area contributed by atoms with Gasteiger partial charge >= 0.3 is 0 Å². The van der Waals surface area contributed by atoms with E-state index < -0.39 is 4.92 Å². The Hall–Kier alpha value is -2.32. The van der Waals surface area contributed by atoms with Crippen LogP contribution in [0.1, 0.15) is 25.1 Å². The highest BCUT2D eigenvalue weighted by atomic mass is 32.1. The number of rotatable bonds is 5. The van der Waals surface area contributed by atoms with Crippen LogP contribution < -0.4 is 10.2 Å². The zero-order valence-corrected chi connectivity index (χ0v) is 13.1. The van der Waals surface area contributed by atoms with Crippen LogP contribution in [-0.2, 0) is 0 Å². The van der Waals surface area contributed by atoms with Crippen LogP contribution in [0.5, 0.6) is 0 Å². The molecule has 0 aromatic carbocycles. The van der Waals surface area contributed by atoms with E-state index in [4.69, 9.17) is 0 Å². The number of fused-ring (bicyclic) bond motifs is 1. The van der Waals surface area contributed by atoms with Gasteiger partial charge in [-0.05, 0) is 13.8 Å². The number of nitrogens with two attached hydrogens (primary N) is 1. The molecule has 2 aromatic heterocycles. The molecule has 2 aromatic rings. The summed E-state index contributed by atoms with van der Waals surface area (Å²) in [5.41, 5.74) is 2.50. The summed E-state index contributed by atoms with van der Waals surface area (Å²) in [6.45, 7) is 5.99. The molecule has 0 saturated carbocycles. The van der Waals surface area contributed by atoms with Crippen LogP contribution in [0, 0.1) is 10.1 Å². The molecule has 0 amide bonds. The first-order valence-electron chi connectivity index (χ1n) is 7.04. The first-order valence-corrected chi connectivity index (χ1v) is 7.92. The Balaban J connectivity index is 1.96. The van der Waals surface area contributed by atoms with E-state index in [9.17, 15) is 10.1 Å². The van der Waals surface area contributed by atoms with E-state index >= 15 is 0 Å². The van der Waals surface area contributed by atoms with Gasteiger partial charge in [-0.2, -0.15) is 4.98 Å². The van der Waals surface area contributed by atoms with E-state index in [1.165, 1.54) is 6.20 Å². The lowest BCUT2D eigenvalue weighted by Crippen LogP contribution is -2.70. The third-order valence-electron chi connectivity index (χ3n) is 3.61. The Bertz CT molecular complexity index is 751. The third kappa shape index (κ3) is 2.46. The summed E-state index contributed by atoms with van der Waals surface area (Å²) in [5, 5.41) is 15.7. The Labute approximate surface area is 131 Å². The van der Waals surface area contributed by atoms with Crippen LogP contribution in [0.4, 0.5) is 16.6 Å². The molecule has 3 heterocycles. The van der Waals surface area contributed by atoms with E-state index in [1.54, 1.807) is 17.4 Å². The lowest BCUT2D eigenvalue weighted by atomic mass is 10.1. The maximum atomic E-state index is 10.9. The van der Waals surface area contributed by atoms with Crippen molar-refractivity contribution in [2.75, 3.05) is 18.0 Å². The van der Waals surface area contributed by atoms with E-state index in [1.807, 2.05) is 16.9 Å².